The SMILES string of the molecule is COC(=O)c1cc(C(=O)OC)cc(S(=O)(=O)NC2(CN)CCCCC2C)c1. The minimum absolute atomic E-state index is 0.0562. The zero-order valence-electron chi connectivity index (χ0n) is 15.8. The van der Waals surface area contributed by atoms with Crippen molar-refractivity contribution in [1.29, 1.82) is 0 Å². The molecule has 0 spiro atoms. The summed E-state index contributed by atoms with van der Waals surface area (Å²) >= 11 is 0. The van der Waals surface area contributed by atoms with Crippen molar-refractivity contribution < 1.29 is 27.5 Å². The predicted molar refractivity (Wildman–Crippen MR) is 98.9 cm³/mol. The van der Waals surface area contributed by atoms with E-state index in [0.29, 0.717) is 6.42 Å². The van der Waals surface area contributed by atoms with Gasteiger partial charge in [0, 0.05) is 12.1 Å². The molecule has 3 N–H and O–H groups in total. The Morgan fingerprint density at radius 3 is 2.15 bits per heavy atom. The Bertz CT molecular complexity index is 789. The number of carbonyl (C=O) groups excluding carboxylic acids is 2. The molecule has 2 unspecified atom stereocenters. The Morgan fingerprint density at radius 1 is 1.15 bits per heavy atom. The second-order valence-corrected chi connectivity index (χ2v) is 8.52. The predicted octanol–water partition coefficient (Wildman–Crippen LogP) is 1.45. The number of carbonyl (C=O) groups is 2. The highest BCUT2D eigenvalue weighted by atomic mass is 32.2. The Balaban J connectivity index is 2.50. The zero-order valence-corrected chi connectivity index (χ0v) is 16.6. The van der Waals surface area contributed by atoms with Gasteiger partial charge in [-0.25, -0.2) is 22.7 Å². The first-order valence-corrected chi connectivity index (χ1v) is 10.2. The van der Waals surface area contributed by atoms with Gasteiger partial charge in [-0.05, 0) is 37.0 Å². The number of nitrogens with one attached hydrogen (secondary N) is 1. The van der Waals surface area contributed by atoms with Crippen LogP contribution in [0.15, 0.2) is 23.1 Å². The van der Waals surface area contributed by atoms with E-state index in [-0.39, 0.29) is 28.5 Å². The number of sulfonamides is 1. The molecule has 0 amide bonds. The van der Waals surface area contributed by atoms with Gasteiger partial charge in [-0.1, -0.05) is 19.8 Å². The average Bonchev–Trinajstić information content (AvgIpc) is 2.67. The number of rotatable bonds is 6. The van der Waals surface area contributed by atoms with Crippen LogP contribution in [-0.2, 0) is 19.5 Å². The lowest BCUT2D eigenvalue weighted by Crippen LogP contribution is -2.58. The Labute approximate surface area is 159 Å². The van der Waals surface area contributed by atoms with Crippen molar-refractivity contribution in [2.24, 2.45) is 11.7 Å². The number of nitrogens with two attached hydrogens (primary N) is 1. The maximum Gasteiger partial charge on any atom is 0.337 e. The van der Waals surface area contributed by atoms with Crippen LogP contribution in [0.3, 0.4) is 0 Å². The molecule has 2 atom stereocenters. The van der Waals surface area contributed by atoms with Gasteiger partial charge >= 0.3 is 11.9 Å². The van der Waals surface area contributed by atoms with Crippen molar-refractivity contribution >= 4 is 22.0 Å². The Morgan fingerprint density at radius 2 is 1.70 bits per heavy atom. The molecule has 1 fully saturated rings. The molecule has 27 heavy (non-hydrogen) atoms. The standard InChI is InChI=1S/C18H26N2O6S/c1-12-6-4-5-7-18(12,11-19)20-27(23,24)15-9-13(16(21)25-2)8-14(10-15)17(22)26-3/h8-10,12,20H,4-7,11,19H2,1-3H3. The molecule has 0 heterocycles. The van der Waals surface area contributed by atoms with Crippen LogP contribution in [0.4, 0.5) is 0 Å². The maximum atomic E-state index is 13.1. The fraction of sp³-hybridized carbons (Fsp3) is 0.556. The zero-order chi connectivity index (χ0) is 20.2. The first-order valence-electron chi connectivity index (χ1n) is 8.75. The molecule has 1 aromatic rings. The number of hydrogen-bond acceptors (Lipinski definition) is 7. The number of esters is 2. The number of methoxy groups -OCH3 is 2. The van der Waals surface area contributed by atoms with Gasteiger partial charge in [-0.15, -0.1) is 0 Å². The number of benzene rings is 1. The van der Waals surface area contributed by atoms with Crippen LogP contribution < -0.4 is 10.5 Å². The molecule has 9 heteroatoms. The van der Waals surface area contributed by atoms with Gasteiger partial charge in [0.25, 0.3) is 0 Å². The lowest BCUT2D eigenvalue weighted by molar-refractivity contribution is 0.0598. The first-order chi connectivity index (χ1) is 12.7. The molecule has 1 aliphatic carbocycles. The number of hydrogen-bond donors (Lipinski definition) is 2. The van der Waals surface area contributed by atoms with Crippen LogP contribution >= 0.6 is 0 Å². The monoisotopic (exact) mass is 398 g/mol. The third-order valence-corrected chi connectivity index (χ3v) is 6.75. The van der Waals surface area contributed by atoms with E-state index >= 15 is 0 Å². The minimum Gasteiger partial charge on any atom is -0.465 e. The van der Waals surface area contributed by atoms with Gasteiger partial charge in [0.1, 0.15) is 0 Å². The molecule has 1 aromatic carbocycles. The lowest BCUT2D eigenvalue weighted by atomic mass is 9.74. The number of ether oxygens (including phenoxy) is 2. The van der Waals surface area contributed by atoms with Gasteiger partial charge in [-0.2, -0.15) is 0 Å². The normalized spacial score (nSPS) is 22.9. The van der Waals surface area contributed by atoms with Gasteiger partial charge in [0.15, 0.2) is 0 Å². The highest BCUT2D eigenvalue weighted by Crippen LogP contribution is 2.34. The molecule has 1 saturated carbocycles. The summed E-state index contributed by atoms with van der Waals surface area (Å²) in [6.07, 6.45) is 3.40. The van der Waals surface area contributed by atoms with Crippen molar-refractivity contribution in [3.63, 3.8) is 0 Å². The van der Waals surface area contributed by atoms with E-state index in [1.165, 1.54) is 32.4 Å². The second kappa shape index (κ2) is 8.37. The summed E-state index contributed by atoms with van der Waals surface area (Å²) in [5.41, 5.74) is 5.07. The van der Waals surface area contributed by atoms with E-state index in [1.807, 2.05) is 6.92 Å². The summed E-state index contributed by atoms with van der Waals surface area (Å²) in [6.45, 7) is 2.13. The van der Waals surface area contributed by atoms with Gasteiger partial charge in [0.2, 0.25) is 10.0 Å². The summed E-state index contributed by atoms with van der Waals surface area (Å²) in [6, 6.07) is 3.59. The molecule has 0 aliphatic heterocycles. The largest absolute Gasteiger partial charge is 0.465 e. The van der Waals surface area contributed by atoms with Crippen LogP contribution in [0, 0.1) is 5.92 Å². The molecular formula is C18H26N2O6S. The molecule has 0 aromatic heterocycles. The van der Waals surface area contributed by atoms with Crippen LogP contribution in [0.25, 0.3) is 0 Å². The van der Waals surface area contributed by atoms with E-state index in [9.17, 15) is 18.0 Å². The van der Waals surface area contributed by atoms with Crippen molar-refractivity contribution in [2.75, 3.05) is 20.8 Å². The molecular weight excluding hydrogens is 372 g/mol. The fourth-order valence-electron chi connectivity index (χ4n) is 3.46. The van der Waals surface area contributed by atoms with E-state index in [2.05, 4.69) is 14.2 Å². The smallest absolute Gasteiger partial charge is 0.337 e. The summed E-state index contributed by atoms with van der Waals surface area (Å²) in [5, 5.41) is 0. The van der Waals surface area contributed by atoms with E-state index < -0.39 is 27.5 Å². The summed E-state index contributed by atoms with van der Waals surface area (Å²) in [5.74, 6) is -1.44. The van der Waals surface area contributed by atoms with Crippen LogP contribution in [-0.4, -0.2) is 46.7 Å². The topological polar surface area (TPSA) is 125 Å². The Kier molecular flexibility index (Phi) is 6.61. The maximum absolute atomic E-state index is 13.1. The van der Waals surface area contributed by atoms with E-state index in [0.717, 1.165) is 19.3 Å². The summed E-state index contributed by atoms with van der Waals surface area (Å²) in [4.78, 5) is 23.6. The van der Waals surface area contributed by atoms with Crippen LogP contribution in [0.1, 0.15) is 53.3 Å². The second-order valence-electron chi connectivity index (χ2n) is 6.84. The average molecular weight is 398 g/mol. The van der Waals surface area contributed by atoms with Gasteiger partial charge < -0.3 is 15.2 Å². The Hall–Kier alpha value is -1.97. The lowest BCUT2D eigenvalue weighted by Gasteiger charge is -2.42. The van der Waals surface area contributed by atoms with Crippen molar-refractivity contribution in [3.05, 3.63) is 29.3 Å². The molecule has 0 saturated heterocycles. The highest BCUT2D eigenvalue weighted by molar-refractivity contribution is 7.89. The van der Waals surface area contributed by atoms with E-state index in [1.54, 1.807) is 0 Å². The highest BCUT2D eigenvalue weighted by Gasteiger charge is 2.40. The molecule has 0 radical (unpaired) electrons. The molecule has 2 rings (SSSR count). The van der Waals surface area contributed by atoms with E-state index in [4.69, 9.17) is 5.73 Å². The van der Waals surface area contributed by atoms with Gasteiger partial charge in [-0.3, -0.25) is 0 Å². The quantitative estimate of drug-likeness (QED) is 0.695. The molecule has 150 valence electrons. The minimum atomic E-state index is -4.04. The first kappa shape index (κ1) is 21.3. The van der Waals surface area contributed by atoms with Crippen molar-refractivity contribution in [2.45, 2.75) is 43.0 Å². The van der Waals surface area contributed by atoms with Crippen LogP contribution in [0.5, 0.6) is 0 Å². The van der Waals surface area contributed by atoms with Crippen molar-refractivity contribution in [1.82, 2.24) is 4.72 Å². The summed E-state index contributed by atoms with van der Waals surface area (Å²) in [7, 11) is -1.69. The molecule has 1 aliphatic rings. The fourth-order valence-corrected chi connectivity index (χ4v) is 5.07. The third kappa shape index (κ3) is 4.48. The van der Waals surface area contributed by atoms with Gasteiger partial charge in [0.05, 0.1) is 30.2 Å². The third-order valence-electron chi connectivity index (χ3n) is 5.21. The van der Waals surface area contributed by atoms with Crippen LogP contribution in [0.2, 0.25) is 0 Å². The van der Waals surface area contributed by atoms with Crippen molar-refractivity contribution in [3.8, 4) is 0 Å². The molecule has 0 bridgehead atoms. The molecule has 8 nitrogen and oxygen atoms in total. The summed E-state index contributed by atoms with van der Waals surface area (Å²) < 4.78 is 38.2.